The Morgan fingerprint density at radius 1 is 1.20 bits per heavy atom. The molecule has 0 heterocycles. The van der Waals surface area contributed by atoms with Crippen LogP contribution in [-0.2, 0) is 11.2 Å². The summed E-state index contributed by atoms with van der Waals surface area (Å²) < 4.78 is 0. The summed E-state index contributed by atoms with van der Waals surface area (Å²) in [6.45, 7) is 2.12. The van der Waals surface area contributed by atoms with Crippen LogP contribution in [0.25, 0.3) is 0 Å². The van der Waals surface area contributed by atoms with E-state index < -0.39 is 0 Å². The SMILES string of the molecule is CCSc1ccc(CC(=O)Nc2cccc(Cl)c2)cc1. The summed E-state index contributed by atoms with van der Waals surface area (Å²) >= 11 is 7.67. The van der Waals surface area contributed by atoms with E-state index in [0.29, 0.717) is 11.4 Å². The third-order valence-corrected chi connectivity index (χ3v) is 3.84. The minimum absolute atomic E-state index is 0.0387. The van der Waals surface area contributed by atoms with E-state index in [1.807, 2.05) is 24.3 Å². The van der Waals surface area contributed by atoms with Gasteiger partial charge in [-0.05, 0) is 41.6 Å². The van der Waals surface area contributed by atoms with Crippen molar-refractivity contribution in [2.45, 2.75) is 18.2 Å². The predicted octanol–water partition coefficient (Wildman–Crippen LogP) is 4.63. The molecule has 1 amide bonds. The highest BCUT2D eigenvalue weighted by Crippen LogP contribution is 2.18. The van der Waals surface area contributed by atoms with E-state index in [9.17, 15) is 4.79 Å². The molecular weight excluding hydrogens is 290 g/mol. The Morgan fingerprint density at radius 2 is 1.95 bits per heavy atom. The molecule has 104 valence electrons. The van der Waals surface area contributed by atoms with Gasteiger partial charge in [-0.15, -0.1) is 11.8 Å². The minimum atomic E-state index is -0.0387. The van der Waals surface area contributed by atoms with Gasteiger partial charge < -0.3 is 5.32 Å². The molecule has 4 heteroatoms. The number of hydrogen-bond acceptors (Lipinski definition) is 2. The van der Waals surface area contributed by atoms with Gasteiger partial charge in [0.15, 0.2) is 0 Å². The van der Waals surface area contributed by atoms with Crippen LogP contribution in [0.5, 0.6) is 0 Å². The van der Waals surface area contributed by atoms with Crippen LogP contribution in [0.15, 0.2) is 53.4 Å². The molecule has 20 heavy (non-hydrogen) atoms. The Balaban J connectivity index is 1.94. The summed E-state index contributed by atoms with van der Waals surface area (Å²) in [7, 11) is 0. The molecule has 0 aliphatic heterocycles. The topological polar surface area (TPSA) is 29.1 Å². The summed E-state index contributed by atoms with van der Waals surface area (Å²) in [5.41, 5.74) is 1.73. The van der Waals surface area contributed by atoms with Gasteiger partial charge in [-0.2, -0.15) is 0 Å². The number of anilines is 1. The fourth-order valence-electron chi connectivity index (χ4n) is 1.83. The lowest BCUT2D eigenvalue weighted by molar-refractivity contribution is -0.115. The number of carbonyl (C=O) groups is 1. The molecule has 0 bridgehead atoms. The Kier molecular flexibility index (Phi) is 5.50. The average molecular weight is 306 g/mol. The van der Waals surface area contributed by atoms with E-state index in [1.54, 1.807) is 23.9 Å². The van der Waals surface area contributed by atoms with Crippen molar-refractivity contribution in [3.8, 4) is 0 Å². The van der Waals surface area contributed by atoms with E-state index in [-0.39, 0.29) is 5.91 Å². The van der Waals surface area contributed by atoms with Crippen molar-refractivity contribution in [2.24, 2.45) is 0 Å². The lowest BCUT2D eigenvalue weighted by Gasteiger charge is -2.06. The van der Waals surface area contributed by atoms with Crippen molar-refractivity contribution in [1.82, 2.24) is 0 Å². The van der Waals surface area contributed by atoms with Gasteiger partial charge in [-0.25, -0.2) is 0 Å². The predicted molar refractivity (Wildman–Crippen MR) is 86.6 cm³/mol. The number of amides is 1. The zero-order valence-corrected chi connectivity index (χ0v) is 12.8. The van der Waals surface area contributed by atoms with E-state index in [2.05, 4.69) is 24.4 Å². The molecule has 0 saturated carbocycles. The van der Waals surface area contributed by atoms with Crippen LogP contribution in [0.3, 0.4) is 0 Å². The highest BCUT2D eigenvalue weighted by atomic mass is 35.5. The van der Waals surface area contributed by atoms with Gasteiger partial charge >= 0.3 is 0 Å². The number of rotatable bonds is 5. The first kappa shape index (κ1) is 14.9. The third-order valence-electron chi connectivity index (χ3n) is 2.71. The minimum Gasteiger partial charge on any atom is -0.326 e. The molecular formula is C16H16ClNOS. The normalized spacial score (nSPS) is 10.3. The van der Waals surface area contributed by atoms with Crippen molar-refractivity contribution in [1.29, 1.82) is 0 Å². The first-order chi connectivity index (χ1) is 9.67. The molecule has 2 nitrogen and oxygen atoms in total. The molecule has 0 radical (unpaired) electrons. The van der Waals surface area contributed by atoms with Crippen molar-refractivity contribution in [3.05, 3.63) is 59.1 Å². The molecule has 0 fully saturated rings. The van der Waals surface area contributed by atoms with Crippen molar-refractivity contribution < 1.29 is 4.79 Å². The van der Waals surface area contributed by atoms with Gasteiger partial charge in [0.25, 0.3) is 0 Å². The average Bonchev–Trinajstić information content (AvgIpc) is 2.41. The lowest BCUT2D eigenvalue weighted by atomic mass is 10.1. The van der Waals surface area contributed by atoms with Gasteiger partial charge in [0.2, 0.25) is 5.91 Å². The second-order valence-corrected chi connectivity index (χ2v) is 6.09. The monoisotopic (exact) mass is 305 g/mol. The Morgan fingerprint density at radius 3 is 2.60 bits per heavy atom. The molecule has 0 saturated heterocycles. The first-order valence-corrected chi connectivity index (χ1v) is 7.81. The maximum absolute atomic E-state index is 11.9. The molecule has 0 aromatic heterocycles. The van der Waals surface area contributed by atoms with Crippen molar-refractivity contribution in [3.63, 3.8) is 0 Å². The number of nitrogens with one attached hydrogen (secondary N) is 1. The lowest BCUT2D eigenvalue weighted by Crippen LogP contribution is -2.14. The summed E-state index contributed by atoms with van der Waals surface area (Å²) in [4.78, 5) is 13.2. The van der Waals surface area contributed by atoms with Gasteiger partial charge in [0, 0.05) is 15.6 Å². The second kappa shape index (κ2) is 7.36. The van der Waals surface area contributed by atoms with Crippen LogP contribution in [0.2, 0.25) is 5.02 Å². The number of hydrogen-bond donors (Lipinski definition) is 1. The zero-order valence-electron chi connectivity index (χ0n) is 11.2. The van der Waals surface area contributed by atoms with Crippen LogP contribution in [0.4, 0.5) is 5.69 Å². The maximum Gasteiger partial charge on any atom is 0.228 e. The third kappa shape index (κ3) is 4.58. The van der Waals surface area contributed by atoms with E-state index in [4.69, 9.17) is 11.6 Å². The summed E-state index contributed by atoms with van der Waals surface area (Å²) in [5.74, 6) is 1.01. The van der Waals surface area contributed by atoms with Gasteiger partial charge in [0.05, 0.1) is 6.42 Å². The molecule has 1 N–H and O–H groups in total. The molecule has 2 rings (SSSR count). The zero-order chi connectivity index (χ0) is 14.4. The highest BCUT2D eigenvalue weighted by Gasteiger charge is 2.04. The highest BCUT2D eigenvalue weighted by molar-refractivity contribution is 7.99. The fourth-order valence-corrected chi connectivity index (χ4v) is 2.68. The van der Waals surface area contributed by atoms with Gasteiger partial charge in [-0.3, -0.25) is 4.79 Å². The first-order valence-electron chi connectivity index (χ1n) is 6.44. The van der Waals surface area contributed by atoms with Gasteiger partial charge in [0.1, 0.15) is 0 Å². The Hall–Kier alpha value is -1.45. The molecule has 2 aromatic carbocycles. The van der Waals surface area contributed by atoms with Crippen LogP contribution >= 0.6 is 23.4 Å². The van der Waals surface area contributed by atoms with Crippen molar-refractivity contribution in [2.75, 3.05) is 11.1 Å². The maximum atomic E-state index is 11.9. The molecule has 0 aliphatic carbocycles. The standard InChI is InChI=1S/C16H16ClNOS/c1-2-20-15-8-6-12(7-9-15)10-16(19)18-14-5-3-4-13(17)11-14/h3-9,11H,2,10H2,1H3,(H,18,19). The summed E-state index contributed by atoms with van der Waals surface area (Å²) in [5, 5.41) is 3.46. The van der Waals surface area contributed by atoms with Crippen LogP contribution in [-0.4, -0.2) is 11.7 Å². The van der Waals surface area contributed by atoms with Crippen molar-refractivity contribution >= 4 is 35.0 Å². The second-order valence-electron chi connectivity index (χ2n) is 4.31. The number of thioether (sulfide) groups is 1. The number of halogens is 1. The van der Waals surface area contributed by atoms with Crippen LogP contribution < -0.4 is 5.32 Å². The smallest absolute Gasteiger partial charge is 0.228 e. The van der Waals surface area contributed by atoms with E-state index in [0.717, 1.165) is 17.0 Å². The Labute approximate surface area is 128 Å². The molecule has 0 spiro atoms. The molecule has 0 aliphatic rings. The summed E-state index contributed by atoms with van der Waals surface area (Å²) in [6, 6.07) is 15.2. The van der Waals surface area contributed by atoms with E-state index in [1.165, 1.54) is 4.90 Å². The van der Waals surface area contributed by atoms with Crippen LogP contribution in [0.1, 0.15) is 12.5 Å². The molecule has 0 unspecified atom stereocenters. The fraction of sp³-hybridized carbons (Fsp3) is 0.188. The largest absolute Gasteiger partial charge is 0.326 e. The quantitative estimate of drug-likeness (QED) is 0.816. The Bertz CT molecular complexity index is 583. The van der Waals surface area contributed by atoms with Gasteiger partial charge in [-0.1, -0.05) is 36.7 Å². The van der Waals surface area contributed by atoms with E-state index >= 15 is 0 Å². The van der Waals surface area contributed by atoms with Crippen LogP contribution in [0, 0.1) is 0 Å². The molecule has 2 aromatic rings. The molecule has 0 atom stereocenters. The number of benzene rings is 2. The summed E-state index contributed by atoms with van der Waals surface area (Å²) in [6.07, 6.45) is 0.365. The number of carbonyl (C=O) groups excluding carboxylic acids is 1.